The number of rotatable bonds is 14. The van der Waals surface area contributed by atoms with Crippen molar-refractivity contribution < 1.29 is 22.1 Å². The molecule has 0 N–H and O–H groups in total. The van der Waals surface area contributed by atoms with Crippen LogP contribution in [-0.2, 0) is 25.7 Å². The Morgan fingerprint density at radius 3 is 1.94 bits per heavy atom. The maximum absolute atomic E-state index is 11.4. The third kappa shape index (κ3) is 21.1. The van der Waals surface area contributed by atoms with Crippen LogP contribution >= 0.6 is 11.3 Å². The first-order valence-corrected chi connectivity index (χ1v) is 15.0. The molecule has 4 nitrogen and oxygen atoms in total. The fraction of sp³-hybridized carbons (Fsp3) is 0.800. The number of unbranched alkanes of at least 4 members (excludes halogenated alkanes) is 7. The smallest absolute Gasteiger partial charge is 0.297 e. The van der Waals surface area contributed by atoms with Gasteiger partial charge in [0.2, 0.25) is 0 Å². The predicted molar refractivity (Wildman–Crippen MR) is 134 cm³/mol. The zero-order valence-electron chi connectivity index (χ0n) is 20.3. The summed E-state index contributed by atoms with van der Waals surface area (Å²) in [7, 11) is -3.88. The molecule has 0 unspecified atom stereocenters. The van der Waals surface area contributed by atoms with Gasteiger partial charge in [-0.1, -0.05) is 108 Å². The highest BCUT2D eigenvalue weighted by Gasteiger charge is 2.10. The lowest BCUT2D eigenvalue weighted by Gasteiger charge is -2.05. The highest BCUT2D eigenvalue weighted by Crippen LogP contribution is 2.15. The van der Waals surface area contributed by atoms with Crippen LogP contribution in [0.5, 0.6) is 0 Å². The summed E-state index contributed by atoms with van der Waals surface area (Å²) in [6.07, 6.45) is 19.6. The van der Waals surface area contributed by atoms with Crippen LogP contribution in [0, 0.1) is 0 Å². The first-order chi connectivity index (χ1) is 15.4. The molecular weight excluding hydrogens is 447 g/mol. The molecule has 0 amide bonds. The molecule has 1 saturated carbocycles. The van der Waals surface area contributed by atoms with E-state index in [2.05, 4.69) is 18.2 Å². The maximum Gasteiger partial charge on any atom is 0.297 e. The van der Waals surface area contributed by atoms with E-state index < -0.39 is 10.1 Å². The minimum absolute atomic E-state index is 0.213. The Balaban J connectivity index is 0.000000479. The predicted octanol–water partition coefficient (Wildman–Crippen LogP) is 8.36. The van der Waals surface area contributed by atoms with Crippen LogP contribution < -0.4 is 0 Å². The zero-order chi connectivity index (χ0) is 23.9. The van der Waals surface area contributed by atoms with Gasteiger partial charge in [-0.25, -0.2) is 0 Å². The minimum Gasteiger partial charge on any atom is -0.299 e. The number of hydrogen-bond donors (Lipinski definition) is 0. The van der Waals surface area contributed by atoms with Gasteiger partial charge in [-0.05, 0) is 28.8 Å². The summed E-state index contributed by atoms with van der Waals surface area (Å²) in [5.74, 6) is 0.172. The van der Waals surface area contributed by atoms with Gasteiger partial charge in [0.05, 0.1) is 5.75 Å². The summed E-state index contributed by atoms with van der Waals surface area (Å²) < 4.78 is 35.1. The Morgan fingerprint density at radius 1 is 0.906 bits per heavy atom. The molecule has 0 saturated heterocycles. The molecule has 0 radical (unpaired) electrons. The fourth-order valence-corrected chi connectivity index (χ4v) is 4.77. The van der Waals surface area contributed by atoms with Crippen LogP contribution in [0.4, 0.5) is 4.53 Å². The van der Waals surface area contributed by atoms with Crippen molar-refractivity contribution in [3.05, 3.63) is 22.4 Å². The lowest BCUT2D eigenvalue weighted by Crippen LogP contribution is -2.05. The van der Waals surface area contributed by atoms with E-state index in [4.69, 9.17) is 0 Å². The van der Waals surface area contributed by atoms with Crippen LogP contribution in [0.2, 0.25) is 0 Å². The summed E-state index contributed by atoms with van der Waals surface area (Å²) in [5.41, 5.74) is 0. The third-order valence-corrected chi connectivity index (χ3v) is 7.21. The van der Waals surface area contributed by atoms with Gasteiger partial charge in [0.15, 0.2) is 0 Å². The van der Waals surface area contributed by atoms with Crippen LogP contribution in [-0.4, -0.2) is 20.0 Å². The van der Waals surface area contributed by atoms with Gasteiger partial charge in [0, 0.05) is 17.7 Å². The van der Waals surface area contributed by atoms with E-state index in [1.54, 1.807) is 11.3 Å². The first-order valence-electron chi connectivity index (χ1n) is 12.5. The number of ketones is 1. The van der Waals surface area contributed by atoms with Crippen LogP contribution in [0.1, 0.15) is 121 Å². The van der Waals surface area contributed by atoms with Crippen molar-refractivity contribution in [3.63, 3.8) is 0 Å². The number of halogens is 1. The largest absolute Gasteiger partial charge is 0.299 e. The van der Waals surface area contributed by atoms with E-state index in [9.17, 15) is 17.7 Å². The lowest BCUT2D eigenvalue weighted by atomic mass is 10.0. The van der Waals surface area contributed by atoms with E-state index in [1.165, 1.54) is 62.7 Å². The molecule has 1 heterocycles. The second kappa shape index (κ2) is 22.0. The molecule has 7 heteroatoms. The molecule has 1 fully saturated rings. The van der Waals surface area contributed by atoms with Gasteiger partial charge < -0.3 is 0 Å². The number of hydrogen-bond acceptors (Lipinski definition) is 5. The van der Waals surface area contributed by atoms with Crippen molar-refractivity contribution in [3.8, 4) is 0 Å². The monoisotopic (exact) mass is 492 g/mol. The molecule has 1 aliphatic carbocycles. The van der Waals surface area contributed by atoms with Crippen LogP contribution in [0.3, 0.4) is 0 Å². The molecule has 1 aromatic rings. The topological polar surface area (TPSA) is 60.4 Å². The SMILES string of the molecule is C1CCCCC1.CCCCCC(=O)Cc1cccs1.CCCCCCCCS(=O)(=O)OF. The number of Topliss-reactive ketones (excluding diaryl/α,β-unsaturated/α-hetero) is 1. The van der Waals surface area contributed by atoms with Gasteiger partial charge in [0.25, 0.3) is 10.1 Å². The Bertz CT molecular complexity index is 615. The second-order valence-electron chi connectivity index (χ2n) is 8.47. The van der Waals surface area contributed by atoms with Gasteiger partial charge in [0.1, 0.15) is 5.78 Å². The zero-order valence-corrected chi connectivity index (χ0v) is 21.9. The van der Waals surface area contributed by atoms with E-state index >= 15 is 0 Å². The van der Waals surface area contributed by atoms with Crippen molar-refractivity contribution in [1.29, 1.82) is 0 Å². The molecular formula is C25H45FO4S2. The standard InChI is InChI=1S/C11H16OS.C8H17FO3S.C6H12/c1-2-3-4-6-10(12)9-11-7-5-8-13-11;1-2-3-4-5-6-7-8-13(10,11)12-9;1-2-4-6-5-3-1/h5,7-8H,2-4,6,9H2,1H3;2-8H2,1H3;1-6H2. The average molecular weight is 493 g/mol. The van der Waals surface area contributed by atoms with E-state index in [1.807, 2.05) is 17.5 Å². The first kappa shape index (κ1) is 31.2. The van der Waals surface area contributed by atoms with E-state index in [0.717, 1.165) is 38.5 Å². The van der Waals surface area contributed by atoms with E-state index in [-0.39, 0.29) is 5.75 Å². The van der Waals surface area contributed by atoms with Crippen LogP contribution in [0.25, 0.3) is 0 Å². The quantitative estimate of drug-likeness (QED) is 0.245. The van der Waals surface area contributed by atoms with Gasteiger partial charge >= 0.3 is 0 Å². The Morgan fingerprint density at radius 2 is 1.44 bits per heavy atom. The van der Waals surface area contributed by atoms with Gasteiger partial charge in [-0.3, -0.25) is 4.79 Å². The van der Waals surface area contributed by atoms with Gasteiger partial charge in [-0.15, -0.1) is 11.3 Å². The molecule has 2 rings (SSSR count). The minimum atomic E-state index is -3.88. The summed E-state index contributed by atoms with van der Waals surface area (Å²) in [5, 5.41) is 2.02. The normalized spacial score (nSPS) is 13.5. The lowest BCUT2D eigenvalue weighted by molar-refractivity contribution is -0.118. The number of carbonyl (C=O) groups is 1. The fourth-order valence-electron chi connectivity index (χ4n) is 3.42. The summed E-state index contributed by atoms with van der Waals surface area (Å²) in [6, 6.07) is 4.03. The van der Waals surface area contributed by atoms with E-state index in [0.29, 0.717) is 18.6 Å². The van der Waals surface area contributed by atoms with Crippen molar-refractivity contribution in [2.24, 2.45) is 0 Å². The Hall–Kier alpha value is -0.790. The third-order valence-electron chi connectivity index (χ3n) is 5.35. The van der Waals surface area contributed by atoms with Gasteiger partial charge in [-0.2, -0.15) is 8.42 Å². The molecule has 0 bridgehead atoms. The molecule has 0 aromatic carbocycles. The highest BCUT2D eigenvalue weighted by atomic mass is 32.2. The Labute approximate surface area is 200 Å². The molecule has 0 aliphatic heterocycles. The molecule has 0 spiro atoms. The number of carbonyl (C=O) groups excluding carboxylic acids is 1. The maximum atomic E-state index is 11.4. The van der Waals surface area contributed by atoms with Crippen molar-refractivity contribution >= 4 is 27.2 Å². The highest BCUT2D eigenvalue weighted by molar-refractivity contribution is 7.86. The second-order valence-corrected chi connectivity index (χ2v) is 11.1. The summed E-state index contributed by atoms with van der Waals surface area (Å²) >= 11 is 1.67. The molecule has 188 valence electrons. The van der Waals surface area contributed by atoms with Crippen molar-refractivity contribution in [2.75, 3.05) is 5.75 Å². The molecule has 32 heavy (non-hydrogen) atoms. The summed E-state index contributed by atoms with van der Waals surface area (Å²) in [6.45, 7) is 4.27. The molecule has 0 atom stereocenters. The molecule has 1 aliphatic rings. The number of thiophene rings is 1. The molecule has 1 aromatic heterocycles. The average Bonchev–Trinajstić information content (AvgIpc) is 3.31. The van der Waals surface area contributed by atoms with Crippen molar-refractivity contribution in [2.45, 2.75) is 123 Å². The Kier molecular flexibility index (Phi) is 21.5. The van der Waals surface area contributed by atoms with Crippen molar-refractivity contribution in [1.82, 2.24) is 0 Å². The van der Waals surface area contributed by atoms with Crippen LogP contribution in [0.15, 0.2) is 17.5 Å². The summed E-state index contributed by atoms with van der Waals surface area (Å²) in [4.78, 5) is 12.6.